The van der Waals surface area contributed by atoms with Gasteiger partial charge in [0.1, 0.15) is 18.1 Å². The van der Waals surface area contributed by atoms with Gasteiger partial charge in [-0.15, -0.1) is 0 Å². The van der Waals surface area contributed by atoms with Gasteiger partial charge in [-0.2, -0.15) is 13.2 Å². The fourth-order valence-electron chi connectivity index (χ4n) is 2.69. The smallest absolute Gasteiger partial charge is 0.431 e. The first kappa shape index (κ1) is 19.0. The molecule has 12 heteroatoms. The first-order chi connectivity index (χ1) is 12.6. The molecule has 144 valence electrons. The number of carboxylic acid groups (broad SMARTS) is 1. The molecule has 0 saturated heterocycles. The molecular weight excluding hydrogens is 396 g/mol. The van der Waals surface area contributed by atoms with Crippen LogP contribution in [-0.4, -0.2) is 53.7 Å². The molecule has 2 aliphatic heterocycles. The van der Waals surface area contributed by atoms with E-state index < -0.39 is 41.8 Å². The monoisotopic (exact) mass is 406 g/mol. The molecule has 3 rings (SSSR count). The summed E-state index contributed by atoms with van der Waals surface area (Å²) < 4.78 is 53.9. The number of rotatable bonds is 4. The lowest BCUT2D eigenvalue weighted by atomic mass is 10.2. The van der Waals surface area contributed by atoms with E-state index in [-0.39, 0.29) is 29.8 Å². The largest absolute Gasteiger partial charge is 0.480 e. The van der Waals surface area contributed by atoms with Gasteiger partial charge in [0.2, 0.25) is 5.96 Å². The van der Waals surface area contributed by atoms with Crippen molar-refractivity contribution in [2.24, 2.45) is 4.99 Å². The summed E-state index contributed by atoms with van der Waals surface area (Å²) in [6, 6.07) is 1.88. The highest BCUT2D eigenvalue weighted by molar-refractivity contribution is 6.33. The highest BCUT2D eigenvalue weighted by atomic mass is 35.5. The normalized spacial score (nSPS) is 16.9. The Kier molecular flexibility index (Phi) is 4.72. The number of carboxylic acids is 1. The summed E-state index contributed by atoms with van der Waals surface area (Å²) >= 11 is 5.85. The van der Waals surface area contributed by atoms with E-state index in [1.54, 1.807) is 0 Å². The molecule has 2 N–H and O–H groups in total. The number of alkyl halides is 3. The minimum Gasteiger partial charge on any atom is -0.480 e. The molecule has 0 aromatic heterocycles. The predicted octanol–water partition coefficient (Wildman–Crippen LogP) is 2.44. The van der Waals surface area contributed by atoms with Crippen LogP contribution in [0.15, 0.2) is 28.9 Å². The fraction of sp³-hybridized carbons (Fsp3) is 0.267. The fourth-order valence-corrected chi connectivity index (χ4v) is 2.91. The van der Waals surface area contributed by atoms with E-state index in [0.717, 1.165) is 17.0 Å². The van der Waals surface area contributed by atoms with Gasteiger partial charge in [-0.3, -0.25) is 14.6 Å². The summed E-state index contributed by atoms with van der Waals surface area (Å²) in [6.07, 6.45) is -4.41. The maximum absolute atomic E-state index is 14.4. The summed E-state index contributed by atoms with van der Waals surface area (Å²) in [5, 5.41) is 11.0. The Bertz CT molecular complexity index is 885. The first-order valence-electron chi connectivity index (χ1n) is 7.49. The van der Waals surface area contributed by atoms with Crippen molar-refractivity contribution in [2.75, 3.05) is 29.9 Å². The molecule has 0 unspecified atom stereocenters. The predicted molar refractivity (Wildman–Crippen MR) is 88.2 cm³/mol. The van der Waals surface area contributed by atoms with Gasteiger partial charge in [0.15, 0.2) is 0 Å². The van der Waals surface area contributed by atoms with E-state index in [4.69, 9.17) is 16.7 Å². The number of carbonyl (C=O) groups excluding carboxylic acids is 1. The number of carbonyl (C=O) groups is 2. The molecular formula is C15H11ClF4N4O3. The number of allylic oxidation sites excluding steroid dienone is 1. The van der Waals surface area contributed by atoms with Crippen LogP contribution in [0.5, 0.6) is 0 Å². The van der Waals surface area contributed by atoms with Crippen LogP contribution in [0.25, 0.3) is 0 Å². The number of amides is 1. The van der Waals surface area contributed by atoms with Crippen molar-refractivity contribution in [3.8, 4) is 0 Å². The molecule has 0 spiro atoms. The molecule has 0 fully saturated rings. The Hall–Kier alpha value is -2.82. The van der Waals surface area contributed by atoms with Gasteiger partial charge in [0, 0.05) is 12.6 Å². The molecule has 0 radical (unpaired) electrons. The van der Waals surface area contributed by atoms with E-state index in [0.29, 0.717) is 11.0 Å². The van der Waals surface area contributed by atoms with Crippen LogP contribution in [-0.2, 0) is 9.59 Å². The molecule has 1 amide bonds. The average Bonchev–Trinajstić information content (AvgIpc) is 3.02. The summed E-state index contributed by atoms with van der Waals surface area (Å²) in [7, 11) is 0. The second-order valence-electron chi connectivity index (χ2n) is 5.57. The molecule has 0 bridgehead atoms. The molecule has 0 saturated carbocycles. The highest BCUT2D eigenvalue weighted by Crippen LogP contribution is 2.37. The maximum atomic E-state index is 14.4. The second-order valence-corrected chi connectivity index (χ2v) is 5.97. The molecule has 1 aromatic carbocycles. The standard InChI is InChI=1S/C15H11ClF4N4O3/c16-7-3-8(17)10(4-9(7)22-6-13(26)27)24-12(25)5-11(15(18,19)20)23-2-1-21-14(23)24/h3-5,22H,1-2,6H2,(H,26,27). The number of anilines is 2. The van der Waals surface area contributed by atoms with E-state index in [9.17, 15) is 27.2 Å². The quantitative estimate of drug-likeness (QED) is 0.750. The third kappa shape index (κ3) is 3.54. The van der Waals surface area contributed by atoms with Gasteiger partial charge in [0.05, 0.1) is 22.9 Å². The van der Waals surface area contributed by atoms with Crippen LogP contribution >= 0.6 is 11.6 Å². The Morgan fingerprint density at radius 1 is 1.37 bits per heavy atom. The number of fused-ring (bicyclic) bond motifs is 1. The van der Waals surface area contributed by atoms with Crippen LogP contribution in [0.4, 0.5) is 28.9 Å². The summed E-state index contributed by atoms with van der Waals surface area (Å²) in [5.41, 5.74) is -1.59. The van der Waals surface area contributed by atoms with E-state index in [2.05, 4.69) is 10.3 Å². The first-order valence-corrected chi connectivity index (χ1v) is 7.87. The van der Waals surface area contributed by atoms with Gasteiger partial charge < -0.3 is 15.3 Å². The Morgan fingerprint density at radius 2 is 2.07 bits per heavy atom. The van der Waals surface area contributed by atoms with Crippen LogP contribution < -0.4 is 10.2 Å². The van der Waals surface area contributed by atoms with Gasteiger partial charge in [-0.05, 0) is 12.1 Å². The summed E-state index contributed by atoms with van der Waals surface area (Å²) in [4.78, 5) is 28.4. The van der Waals surface area contributed by atoms with Crippen molar-refractivity contribution in [3.63, 3.8) is 0 Å². The van der Waals surface area contributed by atoms with Crippen molar-refractivity contribution in [3.05, 3.63) is 34.7 Å². The Labute approximate surface area is 154 Å². The number of aliphatic imine (C=N–C) groups is 1. The minimum absolute atomic E-state index is 0.000915. The lowest BCUT2D eigenvalue weighted by Gasteiger charge is -2.35. The number of halogens is 5. The van der Waals surface area contributed by atoms with Crippen LogP contribution in [0, 0.1) is 5.82 Å². The van der Waals surface area contributed by atoms with Crippen molar-refractivity contribution >= 4 is 40.8 Å². The number of guanidine groups is 1. The average molecular weight is 407 g/mol. The zero-order valence-electron chi connectivity index (χ0n) is 13.3. The number of hydrogen-bond donors (Lipinski definition) is 2. The molecule has 1 aromatic rings. The molecule has 2 aliphatic rings. The van der Waals surface area contributed by atoms with Crippen molar-refractivity contribution in [1.29, 1.82) is 0 Å². The van der Waals surface area contributed by atoms with Crippen LogP contribution in [0.2, 0.25) is 5.02 Å². The van der Waals surface area contributed by atoms with E-state index >= 15 is 0 Å². The van der Waals surface area contributed by atoms with Crippen LogP contribution in [0.1, 0.15) is 0 Å². The van der Waals surface area contributed by atoms with Gasteiger partial charge in [0.25, 0.3) is 5.91 Å². The Morgan fingerprint density at radius 3 is 2.70 bits per heavy atom. The molecule has 2 heterocycles. The molecule has 27 heavy (non-hydrogen) atoms. The molecule has 0 aliphatic carbocycles. The van der Waals surface area contributed by atoms with E-state index in [1.165, 1.54) is 0 Å². The second kappa shape index (κ2) is 6.72. The van der Waals surface area contributed by atoms with Crippen molar-refractivity contribution < 1.29 is 32.3 Å². The highest BCUT2D eigenvalue weighted by Gasteiger charge is 2.47. The zero-order valence-corrected chi connectivity index (χ0v) is 14.1. The molecule has 0 atom stereocenters. The SMILES string of the molecule is O=C(O)CNc1cc(N2C(=O)C=C(C(F)(F)F)N3CCN=C32)c(F)cc1Cl. The number of aliphatic carboxylic acids is 1. The number of nitrogens with zero attached hydrogens (tertiary/aromatic N) is 3. The minimum atomic E-state index is -4.78. The van der Waals surface area contributed by atoms with Gasteiger partial charge >= 0.3 is 12.1 Å². The lowest BCUT2D eigenvalue weighted by Crippen LogP contribution is -2.51. The maximum Gasteiger partial charge on any atom is 0.431 e. The Balaban J connectivity index is 2.06. The third-order valence-electron chi connectivity index (χ3n) is 3.79. The number of nitrogens with one attached hydrogen (secondary N) is 1. The number of benzene rings is 1. The van der Waals surface area contributed by atoms with Crippen molar-refractivity contribution in [1.82, 2.24) is 4.90 Å². The number of hydrogen-bond acceptors (Lipinski definition) is 5. The van der Waals surface area contributed by atoms with Crippen molar-refractivity contribution in [2.45, 2.75) is 6.18 Å². The summed E-state index contributed by atoms with van der Waals surface area (Å²) in [6.45, 7) is -0.667. The lowest BCUT2D eigenvalue weighted by molar-refractivity contribution is -0.135. The third-order valence-corrected chi connectivity index (χ3v) is 4.10. The topological polar surface area (TPSA) is 85.2 Å². The van der Waals surface area contributed by atoms with Gasteiger partial charge in [-0.1, -0.05) is 11.6 Å². The zero-order chi connectivity index (χ0) is 19.9. The molecule has 7 nitrogen and oxygen atoms in total. The van der Waals surface area contributed by atoms with Gasteiger partial charge in [-0.25, -0.2) is 9.29 Å². The van der Waals surface area contributed by atoms with Crippen LogP contribution in [0.3, 0.4) is 0 Å². The van der Waals surface area contributed by atoms with E-state index in [1.807, 2.05) is 0 Å². The summed E-state index contributed by atoms with van der Waals surface area (Å²) in [5.74, 6) is -3.69.